The highest BCUT2D eigenvalue weighted by atomic mass is 16.4. The van der Waals surface area contributed by atoms with Crippen LogP contribution in [-0.2, 0) is 13.0 Å². The largest absolute Gasteiger partial charge is 0.478 e. The van der Waals surface area contributed by atoms with Crippen molar-refractivity contribution in [1.29, 1.82) is 0 Å². The summed E-state index contributed by atoms with van der Waals surface area (Å²) in [4.78, 5) is 13.3. The second kappa shape index (κ2) is 5.70. The number of carboxylic acids is 1. The molecule has 0 aliphatic carbocycles. The molecule has 0 atom stereocenters. The van der Waals surface area contributed by atoms with Crippen LogP contribution in [0.2, 0.25) is 0 Å². The van der Waals surface area contributed by atoms with E-state index in [1.54, 1.807) is 12.1 Å². The third-order valence-corrected chi connectivity index (χ3v) is 3.34. The minimum absolute atomic E-state index is 0.374. The zero-order chi connectivity index (χ0) is 13.0. The number of carbonyl (C=O) groups is 1. The summed E-state index contributed by atoms with van der Waals surface area (Å²) in [6.07, 6.45) is 8.04. The van der Waals surface area contributed by atoms with Gasteiger partial charge in [0.05, 0.1) is 5.56 Å². The van der Waals surface area contributed by atoms with E-state index in [1.165, 1.54) is 5.56 Å². The molecule has 0 amide bonds. The Morgan fingerprint density at radius 2 is 2.28 bits per heavy atom. The quantitative estimate of drug-likeness (QED) is 0.650. The molecule has 0 saturated heterocycles. The number of carboxylic acid groups (broad SMARTS) is 1. The van der Waals surface area contributed by atoms with Crippen molar-refractivity contribution in [2.45, 2.75) is 25.8 Å². The van der Waals surface area contributed by atoms with E-state index in [2.05, 4.69) is 10.8 Å². The van der Waals surface area contributed by atoms with Crippen LogP contribution >= 0.6 is 0 Å². The highest BCUT2D eigenvalue weighted by Gasteiger charge is 2.17. The summed E-state index contributed by atoms with van der Waals surface area (Å²) in [5, 5.41) is 8.99. The predicted octanol–water partition coefficient (Wildman–Crippen LogP) is 2.16. The van der Waals surface area contributed by atoms with Gasteiger partial charge >= 0.3 is 5.97 Å². The van der Waals surface area contributed by atoms with Gasteiger partial charge in [0.15, 0.2) is 0 Å². The zero-order valence-corrected chi connectivity index (χ0v) is 10.4. The Morgan fingerprint density at radius 1 is 1.44 bits per heavy atom. The molecule has 1 heterocycles. The van der Waals surface area contributed by atoms with Crippen LogP contribution in [0.5, 0.6) is 0 Å². The third kappa shape index (κ3) is 2.91. The Labute approximate surface area is 107 Å². The van der Waals surface area contributed by atoms with Crippen LogP contribution in [-0.4, -0.2) is 29.1 Å². The summed E-state index contributed by atoms with van der Waals surface area (Å²) in [6.45, 7) is 2.85. The van der Waals surface area contributed by atoms with Crippen molar-refractivity contribution < 1.29 is 9.90 Å². The van der Waals surface area contributed by atoms with Gasteiger partial charge in [-0.05, 0) is 42.6 Å². The zero-order valence-electron chi connectivity index (χ0n) is 10.4. The van der Waals surface area contributed by atoms with E-state index in [0.717, 1.165) is 44.5 Å². The van der Waals surface area contributed by atoms with Gasteiger partial charge in [0.25, 0.3) is 0 Å². The fourth-order valence-corrected chi connectivity index (χ4v) is 2.34. The summed E-state index contributed by atoms with van der Waals surface area (Å²) in [5.74, 6) is 1.79. The van der Waals surface area contributed by atoms with E-state index in [1.807, 2.05) is 6.07 Å². The Kier molecular flexibility index (Phi) is 4.01. The summed E-state index contributed by atoms with van der Waals surface area (Å²) in [5.41, 5.74) is 2.79. The lowest BCUT2D eigenvalue weighted by Gasteiger charge is -2.28. The topological polar surface area (TPSA) is 40.5 Å². The van der Waals surface area contributed by atoms with Crippen molar-refractivity contribution in [2.75, 3.05) is 13.1 Å². The van der Waals surface area contributed by atoms with Crippen molar-refractivity contribution in [3.05, 3.63) is 34.9 Å². The molecule has 1 N–H and O–H groups in total. The lowest BCUT2D eigenvalue weighted by atomic mass is 9.97. The lowest BCUT2D eigenvalue weighted by Crippen LogP contribution is -2.31. The van der Waals surface area contributed by atoms with Crippen LogP contribution < -0.4 is 0 Å². The minimum Gasteiger partial charge on any atom is -0.478 e. The summed E-state index contributed by atoms with van der Waals surface area (Å²) in [7, 11) is 0. The second-order valence-electron chi connectivity index (χ2n) is 4.62. The van der Waals surface area contributed by atoms with Crippen molar-refractivity contribution in [2.24, 2.45) is 0 Å². The monoisotopic (exact) mass is 243 g/mol. The van der Waals surface area contributed by atoms with Gasteiger partial charge in [-0.3, -0.25) is 4.90 Å². The van der Waals surface area contributed by atoms with E-state index in [0.29, 0.717) is 5.56 Å². The molecule has 0 saturated carbocycles. The Morgan fingerprint density at radius 3 is 3.00 bits per heavy atom. The molecule has 18 heavy (non-hydrogen) atoms. The van der Waals surface area contributed by atoms with Crippen LogP contribution in [0, 0.1) is 12.3 Å². The van der Waals surface area contributed by atoms with Crippen molar-refractivity contribution in [1.82, 2.24) is 4.90 Å². The van der Waals surface area contributed by atoms with Gasteiger partial charge in [-0.15, -0.1) is 12.3 Å². The van der Waals surface area contributed by atoms with Gasteiger partial charge in [-0.1, -0.05) is 6.07 Å². The van der Waals surface area contributed by atoms with Crippen molar-refractivity contribution >= 4 is 5.97 Å². The molecule has 0 unspecified atom stereocenters. The summed E-state index contributed by atoms with van der Waals surface area (Å²) in [6, 6.07) is 5.43. The van der Waals surface area contributed by atoms with E-state index >= 15 is 0 Å². The second-order valence-corrected chi connectivity index (χ2v) is 4.62. The SMILES string of the molecule is C#CCCCN1CCc2ccc(C(=O)O)cc2C1. The molecule has 2 rings (SSSR count). The molecule has 0 radical (unpaired) electrons. The lowest BCUT2D eigenvalue weighted by molar-refractivity contribution is 0.0696. The fourth-order valence-electron chi connectivity index (χ4n) is 2.34. The van der Waals surface area contributed by atoms with E-state index < -0.39 is 5.97 Å². The van der Waals surface area contributed by atoms with Crippen molar-refractivity contribution in [3.8, 4) is 12.3 Å². The molecule has 0 spiro atoms. The van der Waals surface area contributed by atoms with Gasteiger partial charge in [0.1, 0.15) is 0 Å². The fraction of sp³-hybridized carbons (Fsp3) is 0.400. The number of hydrogen-bond acceptors (Lipinski definition) is 2. The molecule has 1 aliphatic heterocycles. The first kappa shape index (κ1) is 12.7. The maximum Gasteiger partial charge on any atom is 0.335 e. The molecular formula is C15H17NO2. The molecule has 0 aromatic heterocycles. The number of hydrogen-bond donors (Lipinski definition) is 1. The number of benzene rings is 1. The highest BCUT2D eigenvalue weighted by Crippen LogP contribution is 2.20. The van der Waals surface area contributed by atoms with Crippen LogP contribution in [0.4, 0.5) is 0 Å². The Balaban J connectivity index is 2.05. The number of terminal acetylenes is 1. The Hall–Kier alpha value is -1.79. The number of rotatable bonds is 4. The molecule has 3 nitrogen and oxygen atoms in total. The Bertz CT molecular complexity index is 488. The molecule has 0 bridgehead atoms. The minimum atomic E-state index is -0.859. The molecule has 0 fully saturated rings. The number of fused-ring (bicyclic) bond motifs is 1. The normalized spacial score (nSPS) is 14.8. The van der Waals surface area contributed by atoms with E-state index in [-0.39, 0.29) is 0 Å². The maximum atomic E-state index is 10.9. The van der Waals surface area contributed by atoms with Gasteiger partial charge in [0.2, 0.25) is 0 Å². The van der Waals surface area contributed by atoms with Gasteiger partial charge in [0, 0.05) is 19.5 Å². The van der Waals surface area contributed by atoms with Crippen LogP contribution in [0.15, 0.2) is 18.2 Å². The molecule has 94 valence electrons. The average Bonchev–Trinajstić information content (AvgIpc) is 2.38. The smallest absolute Gasteiger partial charge is 0.335 e. The molecular weight excluding hydrogens is 226 g/mol. The molecule has 3 heteroatoms. The molecule has 1 aromatic carbocycles. The van der Waals surface area contributed by atoms with Crippen LogP contribution in [0.25, 0.3) is 0 Å². The van der Waals surface area contributed by atoms with E-state index in [4.69, 9.17) is 11.5 Å². The van der Waals surface area contributed by atoms with Gasteiger partial charge in [-0.2, -0.15) is 0 Å². The van der Waals surface area contributed by atoms with Gasteiger partial charge in [-0.25, -0.2) is 4.79 Å². The standard InChI is InChI=1S/C15H17NO2/c1-2-3-4-8-16-9-7-12-5-6-13(15(17)18)10-14(12)11-16/h1,5-6,10H,3-4,7-9,11H2,(H,17,18). The summed E-state index contributed by atoms with van der Waals surface area (Å²) >= 11 is 0. The molecule has 1 aliphatic rings. The van der Waals surface area contributed by atoms with Gasteiger partial charge < -0.3 is 5.11 Å². The first-order chi connectivity index (χ1) is 8.70. The predicted molar refractivity (Wildman–Crippen MR) is 70.4 cm³/mol. The van der Waals surface area contributed by atoms with Crippen LogP contribution in [0.1, 0.15) is 34.3 Å². The highest BCUT2D eigenvalue weighted by molar-refractivity contribution is 5.87. The van der Waals surface area contributed by atoms with Crippen molar-refractivity contribution in [3.63, 3.8) is 0 Å². The van der Waals surface area contributed by atoms with E-state index in [9.17, 15) is 4.79 Å². The summed E-state index contributed by atoms with van der Waals surface area (Å²) < 4.78 is 0. The number of nitrogens with zero attached hydrogens (tertiary/aromatic N) is 1. The number of aromatic carboxylic acids is 1. The first-order valence-electron chi connectivity index (χ1n) is 6.21. The first-order valence-corrected chi connectivity index (χ1v) is 6.21. The third-order valence-electron chi connectivity index (χ3n) is 3.34. The maximum absolute atomic E-state index is 10.9. The number of unbranched alkanes of at least 4 members (excludes halogenated alkanes) is 1. The molecule has 1 aromatic rings. The average molecular weight is 243 g/mol. The van der Waals surface area contributed by atoms with Crippen LogP contribution in [0.3, 0.4) is 0 Å².